The van der Waals surface area contributed by atoms with E-state index in [1.54, 1.807) is 12.1 Å². The lowest BCUT2D eigenvalue weighted by Crippen LogP contribution is -2.16. The van der Waals surface area contributed by atoms with Gasteiger partial charge in [-0.1, -0.05) is 11.6 Å². The van der Waals surface area contributed by atoms with Crippen molar-refractivity contribution in [1.82, 2.24) is 0 Å². The Hall–Kier alpha value is -2.58. The molecule has 9 heteroatoms. The van der Waals surface area contributed by atoms with Crippen LogP contribution in [0.25, 0.3) is 0 Å². The van der Waals surface area contributed by atoms with E-state index < -0.39 is 28.2 Å². The average molecular weight is 413 g/mol. The highest BCUT2D eigenvalue weighted by atomic mass is 35.5. The minimum Gasteiger partial charge on any atom is -0.497 e. The van der Waals surface area contributed by atoms with Gasteiger partial charge in [0, 0.05) is 6.26 Å². The second-order valence-corrected chi connectivity index (χ2v) is 7.90. The van der Waals surface area contributed by atoms with Gasteiger partial charge in [-0.05, 0) is 36.4 Å². The Morgan fingerprint density at radius 2 is 1.70 bits per heavy atom. The second kappa shape index (κ2) is 8.41. The maximum Gasteiger partial charge on any atom is 0.340 e. The number of sulfone groups is 1. The van der Waals surface area contributed by atoms with Crippen LogP contribution >= 0.6 is 11.6 Å². The Morgan fingerprint density at radius 3 is 2.30 bits per heavy atom. The van der Waals surface area contributed by atoms with Crippen molar-refractivity contribution in [3.8, 4) is 11.5 Å². The van der Waals surface area contributed by atoms with Gasteiger partial charge in [0.25, 0.3) is 0 Å². The zero-order chi connectivity index (χ0) is 20.2. The lowest BCUT2D eigenvalue weighted by Gasteiger charge is -2.11. The van der Waals surface area contributed by atoms with Crippen LogP contribution in [-0.4, -0.2) is 47.3 Å². The molecule has 144 valence electrons. The predicted molar refractivity (Wildman–Crippen MR) is 98.7 cm³/mol. The first-order chi connectivity index (χ1) is 12.7. The van der Waals surface area contributed by atoms with Gasteiger partial charge in [0.05, 0.1) is 35.3 Å². The van der Waals surface area contributed by atoms with E-state index in [9.17, 15) is 18.0 Å². The fourth-order valence-electron chi connectivity index (χ4n) is 2.21. The minimum absolute atomic E-state index is 0.0128. The molecule has 0 aliphatic rings. The van der Waals surface area contributed by atoms with Crippen molar-refractivity contribution in [3.63, 3.8) is 0 Å². The molecule has 0 bridgehead atoms. The molecule has 0 unspecified atom stereocenters. The van der Waals surface area contributed by atoms with Gasteiger partial charge in [-0.15, -0.1) is 0 Å². The molecule has 2 aromatic carbocycles. The first kappa shape index (κ1) is 20.7. The molecule has 2 aromatic rings. The maximum atomic E-state index is 12.4. The molecule has 0 amide bonds. The quantitative estimate of drug-likeness (QED) is 0.509. The average Bonchev–Trinajstić information content (AvgIpc) is 2.64. The number of methoxy groups -OCH3 is 2. The summed E-state index contributed by atoms with van der Waals surface area (Å²) in [4.78, 5) is 24.6. The highest BCUT2D eigenvalue weighted by Gasteiger charge is 2.20. The fraction of sp³-hybridized carbons (Fsp3) is 0.222. The summed E-state index contributed by atoms with van der Waals surface area (Å²) < 4.78 is 38.4. The number of hydrogen-bond donors (Lipinski definition) is 0. The molecule has 0 aliphatic heterocycles. The number of ether oxygens (including phenoxy) is 3. The summed E-state index contributed by atoms with van der Waals surface area (Å²) in [5.74, 6) is -0.696. The van der Waals surface area contributed by atoms with Crippen LogP contribution in [0, 0.1) is 0 Å². The number of carbonyl (C=O) groups excluding carboxylic acids is 2. The molecule has 0 saturated carbocycles. The molecule has 0 heterocycles. The Kier molecular flexibility index (Phi) is 6.45. The molecular weight excluding hydrogens is 396 g/mol. The molecule has 0 radical (unpaired) electrons. The largest absolute Gasteiger partial charge is 0.497 e. The van der Waals surface area contributed by atoms with E-state index >= 15 is 0 Å². The van der Waals surface area contributed by atoms with Crippen molar-refractivity contribution in [3.05, 3.63) is 52.5 Å². The molecule has 0 N–H and O–H groups in total. The third-order valence-electron chi connectivity index (χ3n) is 3.63. The van der Waals surface area contributed by atoms with Crippen LogP contribution < -0.4 is 9.47 Å². The summed E-state index contributed by atoms with van der Waals surface area (Å²) >= 11 is 5.94. The van der Waals surface area contributed by atoms with Crippen molar-refractivity contribution in [2.45, 2.75) is 4.90 Å². The summed E-state index contributed by atoms with van der Waals surface area (Å²) in [6, 6.07) is 8.31. The zero-order valence-corrected chi connectivity index (χ0v) is 16.4. The van der Waals surface area contributed by atoms with Crippen LogP contribution in [0.3, 0.4) is 0 Å². The zero-order valence-electron chi connectivity index (χ0n) is 14.8. The monoisotopic (exact) mass is 412 g/mol. The van der Waals surface area contributed by atoms with E-state index in [2.05, 4.69) is 0 Å². The third-order valence-corrected chi connectivity index (χ3v) is 5.07. The number of carbonyl (C=O) groups is 2. The number of ketones is 1. The Bertz CT molecular complexity index is 983. The van der Waals surface area contributed by atoms with Gasteiger partial charge in [-0.3, -0.25) is 4.79 Å². The SMILES string of the molecule is COc1ccc(OC)c(C(=O)COC(=O)c2cc(S(C)(=O)=O)ccc2Cl)c1. The van der Waals surface area contributed by atoms with Gasteiger partial charge in [0.15, 0.2) is 16.4 Å². The number of hydrogen-bond acceptors (Lipinski definition) is 7. The number of benzene rings is 2. The first-order valence-corrected chi connectivity index (χ1v) is 9.86. The predicted octanol–water partition coefficient (Wildman–Crippen LogP) is 2.80. The van der Waals surface area contributed by atoms with Crippen molar-refractivity contribution in [1.29, 1.82) is 0 Å². The van der Waals surface area contributed by atoms with Gasteiger partial charge in [0.1, 0.15) is 11.5 Å². The van der Waals surface area contributed by atoms with Crippen LogP contribution in [0.5, 0.6) is 11.5 Å². The first-order valence-electron chi connectivity index (χ1n) is 7.59. The van der Waals surface area contributed by atoms with Gasteiger partial charge in [0.2, 0.25) is 5.78 Å². The molecule has 7 nitrogen and oxygen atoms in total. The topological polar surface area (TPSA) is 96.0 Å². The minimum atomic E-state index is -3.53. The normalized spacial score (nSPS) is 11.0. The Balaban J connectivity index is 2.20. The Labute approximate surface area is 161 Å². The lowest BCUT2D eigenvalue weighted by molar-refractivity contribution is 0.0474. The molecule has 0 atom stereocenters. The van der Waals surface area contributed by atoms with Crippen LogP contribution in [0.2, 0.25) is 5.02 Å². The van der Waals surface area contributed by atoms with E-state index in [-0.39, 0.29) is 21.0 Å². The van der Waals surface area contributed by atoms with E-state index in [4.69, 9.17) is 25.8 Å². The van der Waals surface area contributed by atoms with Gasteiger partial charge >= 0.3 is 5.97 Å². The second-order valence-electron chi connectivity index (χ2n) is 5.48. The van der Waals surface area contributed by atoms with E-state index in [0.717, 1.165) is 12.3 Å². The van der Waals surface area contributed by atoms with Gasteiger partial charge < -0.3 is 14.2 Å². The van der Waals surface area contributed by atoms with Gasteiger partial charge in [-0.25, -0.2) is 13.2 Å². The van der Waals surface area contributed by atoms with Crippen molar-refractivity contribution in [2.75, 3.05) is 27.1 Å². The highest BCUT2D eigenvalue weighted by Crippen LogP contribution is 2.25. The number of Topliss-reactive ketones (excluding diaryl/α,β-unsaturated/α-hetero) is 1. The Morgan fingerprint density at radius 1 is 1.00 bits per heavy atom. The summed E-state index contributed by atoms with van der Waals surface area (Å²) in [6.45, 7) is -0.582. The van der Waals surface area contributed by atoms with Crippen LogP contribution in [0.4, 0.5) is 0 Å². The van der Waals surface area contributed by atoms with Crippen LogP contribution in [-0.2, 0) is 14.6 Å². The summed E-state index contributed by atoms with van der Waals surface area (Å²) in [5, 5.41) is 0.0128. The van der Waals surface area contributed by atoms with Gasteiger partial charge in [-0.2, -0.15) is 0 Å². The van der Waals surface area contributed by atoms with E-state index in [1.807, 2.05) is 0 Å². The summed E-state index contributed by atoms with van der Waals surface area (Å²) in [5.41, 5.74) is 0.0330. The molecule has 0 spiro atoms. The summed E-state index contributed by atoms with van der Waals surface area (Å²) in [7, 11) is -0.675. The van der Waals surface area contributed by atoms with Crippen molar-refractivity contribution < 1.29 is 32.2 Å². The van der Waals surface area contributed by atoms with Crippen molar-refractivity contribution >= 4 is 33.2 Å². The standard InChI is InChI=1S/C18H17ClO7S/c1-24-11-4-7-17(25-2)14(8-11)16(20)10-26-18(21)13-9-12(27(3,22)23)5-6-15(13)19/h4-9H,10H2,1-3H3. The molecule has 0 fully saturated rings. The fourth-order valence-corrected chi connectivity index (χ4v) is 3.05. The number of rotatable bonds is 7. The molecule has 0 saturated heterocycles. The van der Waals surface area contributed by atoms with Crippen molar-refractivity contribution in [2.24, 2.45) is 0 Å². The molecule has 27 heavy (non-hydrogen) atoms. The smallest absolute Gasteiger partial charge is 0.340 e. The lowest BCUT2D eigenvalue weighted by atomic mass is 10.1. The van der Waals surface area contributed by atoms with Crippen LogP contribution in [0.15, 0.2) is 41.3 Å². The number of esters is 1. The summed E-state index contributed by atoms with van der Waals surface area (Å²) in [6.07, 6.45) is 1.00. The molecule has 0 aromatic heterocycles. The number of halogens is 1. The van der Waals surface area contributed by atoms with E-state index in [0.29, 0.717) is 11.5 Å². The highest BCUT2D eigenvalue weighted by molar-refractivity contribution is 7.90. The maximum absolute atomic E-state index is 12.4. The molecular formula is C18H17ClO7S. The molecule has 2 rings (SSSR count). The van der Waals surface area contributed by atoms with E-state index in [1.165, 1.54) is 32.4 Å². The third kappa shape index (κ3) is 4.99. The molecule has 0 aliphatic carbocycles. The van der Waals surface area contributed by atoms with Crippen LogP contribution in [0.1, 0.15) is 20.7 Å².